The fourth-order valence-corrected chi connectivity index (χ4v) is 3.71. The molecule has 5 heteroatoms. The molecule has 0 unspecified atom stereocenters. The van der Waals surface area contributed by atoms with Crippen molar-refractivity contribution in [3.8, 4) is 0 Å². The lowest BCUT2D eigenvalue weighted by Crippen LogP contribution is -2.06. The Bertz CT molecular complexity index is 959. The largest absolute Gasteiger partial charge is 0.372 e. The number of carbonyl (C=O) groups is 1. The zero-order valence-corrected chi connectivity index (χ0v) is 15.3. The third kappa shape index (κ3) is 3.37. The molecule has 2 heterocycles. The number of aryl methyl sites for hydroxylation is 2. The van der Waals surface area contributed by atoms with E-state index < -0.39 is 0 Å². The maximum absolute atomic E-state index is 12.9. The molecule has 1 N–H and O–H groups in total. The van der Waals surface area contributed by atoms with Gasteiger partial charge in [-0.15, -0.1) is 11.3 Å². The molecule has 2 aromatic heterocycles. The van der Waals surface area contributed by atoms with Gasteiger partial charge in [0, 0.05) is 18.1 Å². The second-order valence-corrected chi connectivity index (χ2v) is 7.05. The van der Waals surface area contributed by atoms with Crippen LogP contribution in [0.3, 0.4) is 0 Å². The molecule has 0 radical (unpaired) electrons. The first kappa shape index (κ1) is 17.0. The lowest BCUT2D eigenvalue weighted by Gasteiger charge is -2.06. The second kappa shape index (κ2) is 6.99. The Morgan fingerprint density at radius 2 is 2.00 bits per heavy atom. The van der Waals surface area contributed by atoms with E-state index in [0.29, 0.717) is 16.3 Å². The Labute approximate surface area is 151 Å². The number of hydrogen-bond acceptors (Lipinski definition) is 5. The van der Waals surface area contributed by atoms with Gasteiger partial charge in [-0.3, -0.25) is 4.79 Å². The van der Waals surface area contributed by atoms with Gasteiger partial charge in [-0.05, 0) is 36.6 Å². The Kier molecular flexibility index (Phi) is 4.76. The highest BCUT2D eigenvalue weighted by atomic mass is 32.1. The zero-order valence-electron chi connectivity index (χ0n) is 14.5. The normalized spacial score (nSPS) is 10.5. The molecular weight excluding hydrogens is 330 g/mol. The van der Waals surface area contributed by atoms with E-state index in [1.54, 1.807) is 13.2 Å². The number of nitrogens with one attached hydrogen (secondary N) is 1. The van der Waals surface area contributed by atoms with Gasteiger partial charge < -0.3 is 5.32 Å². The third-order valence-electron chi connectivity index (χ3n) is 4.03. The molecule has 0 aliphatic rings. The van der Waals surface area contributed by atoms with Crippen LogP contribution in [0, 0.1) is 13.8 Å². The van der Waals surface area contributed by atoms with Crippen LogP contribution in [0.15, 0.2) is 49.4 Å². The molecule has 0 saturated carbocycles. The highest BCUT2D eigenvalue weighted by Crippen LogP contribution is 2.32. The van der Waals surface area contributed by atoms with E-state index in [9.17, 15) is 4.79 Å². The van der Waals surface area contributed by atoms with E-state index in [0.717, 1.165) is 21.6 Å². The summed E-state index contributed by atoms with van der Waals surface area (Å²) >= 11 is 1.47. The van der Waals surface area contributed by atoms with Crippen molar-refractivity contribution in [3.05, 3.63) is 81.4 Å². The van der Waals surface area contributed by atoms with Gasteiger partial charge in [0.15, 0.2) is 0 Å². The number of carbonyl (C=O) groups excluding carboxylic acids is 1. The standard InChI is InChI=1S/C20H19N3OS/c1-12-6-5-7-15(8-12)13(2)16-9-18(25-14(16)3)19(24)17-10-22-11-23-20(17)21-4/h5-11H,2H2,1,3-4H3,(H,21,22,23). The summed E-state index contributed by atoms with van der Waals surface area (Å²) < 4.78 is 0. The molecular formula is C20H19N3OS. The minimum absolute atomic E-state index is 0.0821. The Hall–Kier alpha value is -2.79. The summed E-state index contributed by atoms with van der Waals surface area (Å²) in [4.78, 5) is 22.7. The molecule has 25 heavy (non-hydrogen) atoms. The van der Waals surface area contributed by atoms with Crippen molar-refractivity contribution in [2.24, 2.45) is 0 Å². The maximum Gasteiger partial charge on any atom is 0.208 e. The molecule has 0 saturated heterocycles. The molecule has 0 aliphatic heterocycles. The molecule has 0 fully saturated rings. The summed E-state index contributed by atoms with van der Waals surface area (Å²) in [5, 5.41) is 2.94. The minimum Gasteiger partial charge on any atom is -0.372 e. The fraction of sp³-hybridized carbons (Fsp3) is 0.150. The number of ketones is 1. The minimum atomic E-state index is -0.0821. The summed E-state index contributed by atoms with van der Waals surface area (Å²) in [5.41, 5.74) is 4.65. The molecule has 0 spiro atoms. The molecule has 1 aromatic carbocycles. The van der Waals surface area contributed by atoms with Crippen LogP contribution in [0.25, 0.3) is 5.57 Å². The zero-order chi connectivity index (χ0) is 18.0. The molecule has 3 rings (SSSR count). The average Bonchev–Trinajstić information content (AvgIpc) is 3.02. The molecule has 0 amide bonds. The molecule has 0 bridgehead atoms. The Balaban J connectivity index is 1.97. The number of aromatic nitrogens is 2. The monoisotopic (exact) mass is 349 g/mol. The average molecular weight is 349 g/mol. The third-order valence-corrected chi connectivity index (χ3v) is 5.08. The molecule has 126 valence electrons. The van der Waals surface area contributed by atoms with E-state index >= 15 is 0 Å². The molecule has 3 aromatic rings. The van der Waals surface area contributed by atoms with Crippen molar-refractivity contribution >= 4 is 28.5 Å². The van der Waals surface area contributed by atoms with Gasteiger partial charge in [-0.1, -0.05) is 36.4 Å². The second-order valence-electron chi connectivity index (χ2n) is 5.79. The van der Waals surface area contributed by atoms with Crippen LogP contribution in [-0.2, 0) is 0 Å². The van der Waals surface area contributed by atoms with Gasteiger partial charge in [0.25, 0.3) is 0 Å². The van der Waals surface area contributed by atoms with Crippen LogP contribution in [0.1, 0.15) is 36.8 Å². The van der Waals surface area contributed by atoms with Crippen molar-refractivity contribution in [2.45, 2.75) is 13.8 Å². The number of benzene rings is 1. The van der Waals surface area contributed by atoms with E-state index in [-0.39, 0.29) is 5.78 Å². The number of hydrogen-bond donors (Lipinski definition) is 1. The Morgan fingerprint density at radius 1 is 1.20 bits per heavy atom. The van der Waals surface area contributed by atoms with Gasteiger partial charge in [-0.2, -0.15) is 0 Å². The predicted octanol–water partition coefficient (Wildman–Crippen LogP) is 4.49. The van der Waals surface area contributed by atoms with Crippen molar-refractivity contribution in [3.63, 3.8) is 0 Å². The first-order valence-corrected chi connectivity index (χ1v) is 8.72. The van der Waals surface area contributed by atoms with Crippen LogP contribution in [0.2, 0.25) is 0 Å². The van der Waals surface area contributed by atoms with Crippen LogP contribution < -0.4 is 5.32 Å². The number of rotatable bonds is 5. The predicted molar refractivity (Wildman–Crippen MR) is 103 cm³/mol. The lowest BCUT2D eigenvalue weighted by atomic mass is 9.98. The van der Waals surface area contributed by atoms with Crippen molar-refractivity contribution < 1.29 is 4.79 Å². The number of anilines is 1. The SMILES string of the molecule is C=C(c1cccc(C)c1)c1cc(C(=O)c2cncnc2NC)sc1C. The smallest absolute Gasteiger partial charge is 0.208 e. The van der Waals surface area contributed by atoms with E-state index in [2.05, 4.69) is 40.9 Å². The summed E-state index contributed by atoms with van der Waals surface area (Å²) in [6.07, 6.45) is 2.97. The molecule has 0 aliphatic carbocycles. The molecule has 4 nitrogen and oxygen atoms in total. The van der Waals surface area contributed by atoms with Gasteiger partial charge in [0.2, 0.25) is 5.78 Å². The quantitative estimate of drug-likeness (QED) is 0.690. The van der Waals surface area contributed by atoms with E-state index in [1.807, 2.05) is 25.1 Å². The summed E-state index contributed by atoms with van der Waals surface area (Å²) in [7, 11) is 1.74. The lowest BCUT2D eigenvalue weighted by molar-refractivity contribution is 0.104. The van der Waals surface area contributed by atoms with E-state index in [1.165, 1.54) is 23.2 Å². The number of nitrogens with zero attached hydrogens (tertiary/aromatic N) is 2. The van der Waals surface area contributed by atoms with Gasteiger partial charge in [-0.25, -0.2) is 9.97 Å². The van der Waals surface area contributed by atoms with Crippen LogP contribution in [-0.4, -0.2) is 22.8 Å². The van der Waals surface area contributed by atoms with Crippen molar-refractivity contribution in [1.29, 1.82) is 0 Å². The van der Waals surface area contributed by atoms with Gasteiger partial charge in [0.1, 0.15) is 12.1 Å². The van der Waals surface area contributed by atoms with Crippen molar-refractivity contribution in [1.82, 2.24) is 9.97 Å². The summed E-state index contributed by atoms with van der Waals surface area (Å²) in [6.45, 7) is 8.30. The fourth-order valence-electron chi connectivity index (χ4n) is 2.71. The first-order valence-electron chi connectivity index (χ1n) is 7.90. The summed E-state index contributed by atoms with van der Waals surface area (Å²) in [5.74, 6) is 0.450. The van der Waals surface area contributed by atoms with E-state index in [4.69, 9.17) is 0 Å². The van der Waals surface area contributed by atoms with Crippen LogP contribution in [0.4, 0.5) is 5.82 Å². The summed E-state index contributed by atoms with van der Waals surface area (Å²) in [6, 6.07) is 10.1. The highest BCUT2D eigenvalue weighted by Gasteiger charge is 2.19. The first-order chi connectivity index (χ1) is 12.0. The van der Waals surface area contributed by atoms with Gasteiger partial charge >= 0.3 is 0 Å². The van der Waals surface area contributed by atoms with Crippen LogP contribution in [0.5, 0.6) is 0 Å². The maximum atomic E-state index is 12.9. The van der Waals surface area contributed by atoms with Gasteiger partial charge in [0.05, 0.1) is 10.4 Å². The van der Waals surface area contributed by atoms with Crippen LogP contribution >= 0.6 is 11.3 Å². The molecule has 0 atom stereocenters. The highest BCUT2D eigenvalue weighted by molar-refractivity contribution is 7.14. The number of thiophene rings is 1. The van der Waals surface area contributed by atoms with Crippen molar-refractivity contribution in [2.75, 3.05) is 12.4 Å². The topological polar surface area (TPSA) is 54.9 Å². The Morgan fingerprint density at radius 3 is 2.72 bits per heavy atom.